The van der Waals surface area contributed by atoms with E-state index in [0.717, 1.165) is 36.7 Å². The molecule has 2 heterocycles. The van der Waals surface area contributed by atoms with E-state index in [1.54, 1.807) is 48.8 Å². The van der Waals surface area contributed by atoms with E-state index in [4.69, 9.17) is 0 Å². The summed E-state index contributed by atoms with van der Waals surface area (Å²) in [6.07, 6.45) is 2.21. The average Bonchev–Trinajstić information content (AvgIpc) is 3.32. The maximum Gasteiger partial charge on any atom is 0.416 e. The summed E-state index contributed by atoms with van der Waals surface area (Å²) in [4.78, 5) is 18.9. The number of urea groups is 1. The van der Waals surface area contributed by atoms with Crippen molar-refractivity contribution >= 4 is 23.2 Å². The number of para-hydroxylation sites is 1. The van der Waals surface area contributed by atoms with Crippen molar-refractivity contribution in [1.29, 1.82) is 0 Å². The number of rotatable bonds is 5. The predicted molar refractivity (Wildman–Crippen MR) is 137 cm³/mol. The fourth-order valence-electron chi connectivity index (χ4n) is 4.50. The number of hydrogen-bond donors (Lipinski definition) is 3. The van der Waals surface area contributed by atoms with Crippen molar-refractivity contribution in [3.63, 3.8) is 0 Å². The van der Waals surface area contributed by atoms with Gasteiger partial charge in [-0.05, 0) is 67.9 Å². The molecule has 2 aromatic rings. The predicted octanol–water partition coefficient (Wildman–Crippen LogP) is 6.46. The molecule has 1 fully saturated rings. The number of carbonyl (C=O) groups excluding carboxylic acids is 1. The molecule has 0 saturated carbocycles. The monoisotopic (exact) mass is 495 g/mol. The molecule has 2 aliphatic heterocycles. The van der Waals surface area contributed by atoms with Gasteiger partial charge in [-0.1, -0.05) is 24.8 Å². The molecule has 0 bridgehead atoms. The number of allylic oxidation sites excluding steroid dienone is 1. The molecular weight excluding hydrogens is 467 g/mol. The molecule has 2 amide bonds. The topological polar surface area (TPSA) is 68.8 Å². The summed E-state index contributed by atoms with van der Waals surface area (Å²) in [5, 5.41) is 8.22. The van der Waals surface area contributed by atoms with Crippen LogP contribution in [-0.4, -0.2) is 29.9 Å². The summed E-state index contributed by atoms with van der Waals surface area (Å²) in [5.41, 5.74) is 2.33. The van der Waals surface area contributed by atoms with Crippen molar-refractivity contribution in [3.05, 3.63) is 96.0 Å². The molecule has 0 aliphatic carbocycles. The average molecular weight is 496 g/mol. The quantitative estimate of drug-likeness (QED) is 0.446. The van der Waals surface area contributed by atoms with Crippen LogP contribution < -0.4 is 16.0 Å². The first-order valence-electron chi connectivity index (χ1n) is 11.7. The lowest BCUT2D eigenvalue weighted by Gasteiger charge is -2.36. The van der Waals surface area contributed by atoms with Gasteiger partial charge in [0.25, 0.3) is 0 Å². The Morgan fingerprint density at radius 3 is 2.61 bits per heavy atom. The van der Waals surface area contributed by atoms with Crippen LogP contribution in [0.5, 0.6) is 0 Å². The second-order valence-electron chi connectivity index (χ2n) is 8.71. The first-order valence-corrected chi connectivity index (χ1v) is 11.7. The van der Waals surface area contributed by atoms with Gasteiger partial charge in [0.2, 0.25) is 0 Å². The zero-order valence-electron chi connectivity index (χ0n) is 19.9. The highest BCUT2D eigenvalue weighted by Crippen LogP contribution is 2.37. The molecule has 0 spiro atoms. The third-order valence-electron chi connectivity index (χ3n) is 6.27. The number of aliphatic imine (C=N–C) groups is 1. The van der Waals surface area contributed by atoms with E-state index >= 15 is 0 Å². The first-order chi connectivity index (χ1) is 17.2. The van der Waals surface area contributed by atoms with Gasteiger partial charge in [0, 0.05) is 47.9 Å². The molecule has 2 aromatic carbocycles. The van der Waals surface area contributed by atoms with E-state index in [1.165, 1.54) is 6.07 Å². The molecule has 4 rings (SSSR count). The number of nitrogens with one attached hydrogen (secondary N) is 3. The molecule has 188 valence electrons. The molecule has 1 saturated heterocycles. The Morgan fingerprint density at radius 1 is 1.14 bits per heavy atom. The Hall–Kier alpha value is -4.01. The minimum atomic E-state index is -4.54. The Labute approximate surface area is 208 Å². The smallest absolute Gasteiger partial charge is 0.374 e. The van der Waals surface area contributed by atoms with Gasteiger partial charge in [0.1, 0.15) is 5.84 Å². The number of amidine groups is 1. The maximum atomic E-state index is 13.7. The second-order valence-corrected chi connectivity index (χ2v) is 8.71. The zero-order chi connectivity index (χ0) is 25.7. The summed E-state index contributed by atoms with van der Waals surface area (Å²) in [6.45, 7) is 7.02. The Bertz CT molecular complexity index is 1220. The molecule has 2 aliphatic rings. The van der Waals surface area contributed by atoms with Crippen LogP contribution in [0, 0.1) is 0 Å². The van der Waals surface area contributed by atoms with Crippen LogP contribution in [0.4, 0.5) is 29.3 Å². The fourth-order valence-corrected chi connectivity index (χ4v) is 4.50. The molecule has 1 unspecified atom stereocenters. The van der Waals surface area contributed by atoms with Crippen LogP contribution in [-0.2, 0) is 6.18 Å². The molecule has 3 N–H and O–H groups in total. The summed E-state index contributed by atoms with van der Waals surface area (Å²) in [6, 6.07) is 11.9. The number of amides is 2. The third-order valence-corrected chi connectivity index (χ3v) is 6.27. The molecule has 36 heavy (non-hydrogen) atoms. The Morgan fingerprint density at radius 2 is 1.89 bits per heavy atom. The highest BCUT2D eigenvalue weighted by Gasteiger charge is 2.33. The van der Waals surface area contributed by atoms with Crippen molar-refractivity contribution in [3.8, 4) is 0 Å². The first kappa shape index (κ1) is 25.1. The van der Waals surface area contributed by atoms with Crippen molar-refractivity contribution in [2.24, 2.45) is 4.99 Å². The molecule has 1 atom stereocenters. The number of piperidine rings is 1. The number of carbonyl (C=O) groups is 1. The summed E-state index contributed by atoms with van der Waals surface area (Å²) in [7, 11) is 0. The lowest BCUT2D eigenvalue weighted by atomic mass is 9.88. The zero-order valence-corrected chi connectivity index (χ0v) is 19.9. The van der Waals surface area contributed by atoms with Gasteiger partial charge in [-0.15, -0.1) is 0 Å². The molecular formula is C27H28F3N5O. The van der Waals surface area contributed by atoms with Gasteiger partial charge in [-0.2, -0.15) is 13.2 Å². The highest BCUT2D eigenvalue weighted by atomic mass is 19.4. The maximum absolute atomic E-state index is 13.7. The van der Waals surface area contributed by atoms with Gasteiger partial charge in [-0.3, -0.25) is 0 Å². The normalized spacial score (nSPS) is 18.9. The van der Waals surface area contributed by atoms with E-state index in [0.29, 0.717) is 23.6 Å². The minimum Gasteiger partial charge on any atom is -0.374 e. The standard InChI is InChI=1S/C27H28F3N5O/c1-3-31-25-24(11-12-32-25)18(2)35-13-7-8-19(17-35)20-14-21(27(28,29)30)16-23(15-20)34-26(36)33-22-9-5-4-6-10-22/h3-6,9-12,14-16,19H,1,7-8,13,17H2,2H3,(H,31,32)(H2,33,34,36)/b24-18+. The Balaban J connectivity index is 1.57. The van der Waals surface area contributed by atoms with E-state index in [1.807, 2.05) is 13.0 Å². The number of anilines is 2. The van der Waals surface area contributed by atoms with Crippen LogP contribution in [0.25, 0.3) is 0 Å². The summed E-state index contributed by atoms with van der Waals surface area (Å²) >= 11 is 0. The van der Waals surface area contributed by atoms with E-state index in [-0.39, 0.29) is 11.6 Å². The van der Waals surface area contributed by atoms with Gasteiger partial charge in [-0.25, -0.2) is 9.79 Å². The van der Waals surface area contributed by atoms with Crippen molar-refractivity contribution < 1.29 is 18.0 Å². The van der Waals surface area contributed by atoms with Crippen LogP contribution in [0.2, 0.25) is 0 Å². The SMILES string of the molecule is C=CNC1=NC=C/C1=C(/C)N1CCCC(c2cc(NC(=O)Nc3ccccc3)cc(C(F)(F)F)c2)C1. The third kappa shape index (κ3) is 5.97. The minimum absolute atomic E-state index is 0.101. The summed E-state index contributed by atoms with van der Waals surface area (Å²) in [5.74, 6) is 0.562. The fraction of sp³-hybridized carbons (Fsp3) is 0.259. The molecule has 9 heteroatoms. The number of likely N-dealkylation sites (tertiary alicyclic amines) is 1. The van der Waals surface area contributed by atoms with Gasteiger partial charge >= 0.3 is 12.2 Å². The number of alkyl halides is 3. The Kier molecular flexibility index (Phi) is 7.47. The van der Waals surface area contributed by atoms with Gasteiger partial charge in [0.15, 0.2) is 0 Å². The van der Waals surface area contributed by atoms with Gasteiger partial charge in [0.05, 0.1) is 5.56 Å². The largest absolute Gasteiger partial charge is 0.416 e. The molecule has 0 aromatic heterocycles. The van der Waals surface area contributed by atoms with Crippen molar-refractivity contribution in [2.75, 3.05) is 23.7 Å². The summed E-state index contributed by atoms with van der Waals surface area (Å²) < 4.78 is 41.2. The van der Waals surface area contributed by atoms with Crippen LogP contribution in [0.15, 0.2) is 89.8 Å². The van der Waals surface area contributed by atoms with Gasteiger partial charge < -0.3 is 20.9 Å². The lowest BCUT2D eigenvalue weighted by Crippen LogP contribution is -2.35. The number of benzene rings is 2. The van der Waals surface area contributed by atoms with Crippen molar-refractivity contribution in [2.45, 2.75) is 31.9 Å². The van der Waals surface area contributed by atoms with Crippen LogP contribution in [0.3, 0.4) is 0 Å². The highest BCUT2D eigenvalue weighted by molar-refractivity contribution is 6.04. The van der Waals surface area contributed by atoms with Crippen molar-refractivity contribution in [1.82, 2.24) is 10.2 Å². The van der Waals surface area contributed by atoms with E-state index < -0.39 is 17.8 Å². The van der Waals surface area contributed by atoms with E-state index in [2.05, 4.69) is 32.4 Å². The number of halogens is 3. The van der Waals surface area contributed by atoms with Crippen LogP contribution >= 0.6 is 0 Å². The molecule has 0 radical (unpaired) electrons. The molecule has 6 nitrogen and oxygen atoms in total. The second kappa shape index (κ2) is 10.7. The number of hydrogen-bond acceptors (Lipinski definition) is 4. The van der Waals surface area contributed by atoms with Crippen LogP contribution in [0.1, 0.15) is 36.8 Å². The number of nitrogens with zero attached hydrogens (tertiary/aromatic N) is 2. The lowest BCUT2D eigenvalue weighted by molar-refractivity contribution is -0.137. The van der Waals surface area contributed by atoms with E-state index in [9.17, 15) is 18.0 Å².